The summed E-state index contributed by atoms with van der Waals surface area (Å²) in [6, 6.07) is 6.84. The molecule has 0 saturated heterocycles. The predicted molar refractivity (Wildman–Crippen MR) is 79.4 cm³/mol. The number of rotatable bonds is 9. The topological polar surface area (TPSA) is 39.7 Å². The van der Waals surface area contributed by atoms with Crippen molar-refractivity contribution in [2.75, 3.05) is 20.3 Å². The molecule has 1 aromatic rings. The van der Waals surface area contributed by atoms with E-state index in [2.05, 4.69) is 17.4 Å². The first-order valence-electron chi connectivity index (χ1n) is 7.37. The maximum Gasteiger partial charge on any atom is 0.161 e. The molecular formula is C16H25NO3. The Morgan fingerprint density at radius 1 is 1.25 bits per heavy atom. The highest BCUT2D eigenvalue weighted by molar-refractivity contribution is 5.43. The monoisotopic (exact) mass is 279 g/mol. The molecule has 1 saturated carbocycles. The molecule has 20 heavy (non-hydrogen) atoms. The van der Waals surface area contributed by atoms with Gasteiger partial charge in [-0.15, -0.1) is 0 Å². The zero-order valence-electron chi connectivity index (χ0n) is 12.6. The van der Waals surface area contributed by atoms with E-state index in [1.807, 2.05) is 19.9 Å². The summed E-state index contributed by atoms with van der Waals surface area (Å²) in [5.41, 5.74) is 1.23. The molecule has 112 valence electrons. The van der Waals surface area contributed by atoms with Crippen molar-refractivity contribution in [3.05, 3.63) is 23.8 Å². The van der Waals surface area contributed by atoms with Crippen LogP contribution in [-0.2, 0) is 11.3 Å². The van der Waals surface area contributed by atoms with Gasteiger partial charge in [0.1, 0.15) is 6.61 Å². The van der Waals surface area contributed by atoms with Crippen molar-refractivity contribution in [3.8, 4) is 11.5 Å². The van der Waals surface area contributed by atoms with Crippen LogP contribution in [0.5, 0.6) is 11.5 Å². The maximum absolute atomic E-state index is 5.76. The van der Waals surface area contributed by atoms with E-state index in [1.54, 1.807) is 7.11 Å². The van der Waals surface area contributed by atoms with Crippen molar-refractivity contribution in [1.82, 2.24) is 5.32 Å². The Kier molecular flexibility index (Phi) is 5.68. The van der Waals surface area contributed by atoms with E-state index in [4.69, 9.17) is 14.2 Å². The average Bonchev–Trinajstić information content (AvgIpc) is 3.28. The molecule has 0 heterocycles. The number of hydrogen-bond donors (Lipinski definition) is 1. The molecule has 1 fully saturated rings. The minimum atomic E-state index is 0.0701. The molecule has 4 heteroatoms. The third-order valence-corrected chi connectivity index (χ3v) is 3.36. The van der Waals surface area contributed by atoms with Gasteiger partial charge in [0.05, 0.1) is 12.7 Å². The Labute approximate surface area is 121 Å². The molecule has 0 amide bonds. The van der Waals surface area contributed by atoms with Gasteiger partial charge in [-0.1, -0.05) is 6.07 Å². The zero-order valence-corrected chi connectivity index (χ0v) is 12.6. The minimum absolute atomic E-state index is 0.0701. The third kappa shape index (κ3) is 4.69. The standard InChI is InChI=1S/C16H25NO3/c1-4-19-16-9-13(10-17-14-6-7-14)5-8-15(16)20-11-12(2)18-3/h5,8-9,12,14,17H,4,6-7,10-11H2,1-3H3. The van der Waals surface area contributed by atoms with Gasteiger partial charge in [0.2, 0.25) is 0 Å². The molecule has 0 radical (unpaired) electrons. The largest absolute Gasteiger partial charge is 0.490 e. The van der Waals surface area contributed by atoms with E-state index in [9.17, 15) is 0 Å². The molecule has 0 aliphatic heterocycles. The van der Waals surface area contributed by atoms with Crippen molar-refractivity contribution in [2.24, 2.45) is 0 Å². The molecule has 1 aliphatic carbocycles. The normalized spacial score (nSPS) is 15.9. The molecule has 1 N–H and O–H groups in total. The van der Waals surface area contributed by atoms with Crippen LogP contribution in [-0.4, -0.2) is 32.5 Å². The molecule has 2 rings (SSSR count). The summed E-state index contributed by atoms with van der Waals surface area (Å²) >= 11 is 0. The molecule has 0 aromatic heterocycles. The lowest BCUT2D eigenvalue weighted by Gasteiger charge is -2.16. The lowest BCUT2D eigenvalue weighted by Crippen LogP contribution is -2.17. The first-order valence-corrected chi connectivity index (χ1v) is 7.37. The number of nitrogens with one attached hydrogen (secondary N) is 1. The van der Waals surface area contributed by atoms with Gasteiger partial charge in [-0.25, -0.2) is 0 Å². The van der Waals surface area contributed by atoms with Crippen LogP contribution in [0.15, 0.2) is 18.2 Å². The summed E-state index contributed by atoms with van der Waals surface area (Å²) in [7, 11) is 1.68. The molecule has 1 aromatic carbocycles. The van der Waals surface area contributed by atoms with Gasteiger partial charge in [-0.3, -0.25) is 0 Å². The van der Waals surface area contributed by atoms with Crippen molar-refractivity contribution in [1.29, 1.82) is 0 Å². The van der Waals surface area contributed by atoms with Gasteiger partial charge in [-0.2, -0.15) is 0 Å². The second-order valence-electron chi connectivity index (χ2n) is 5.23. The SMILES string of the molecule is CCOc1cc(CNC2CC2)ccc1OCC(C)OC. The predicted octanol–water partition coefficient (Wildman–Crippen LogP) is 2.75. The fraction of sp³-hybridized carbons (Fsp3) is 0.625. The van der Waals surface area contributed by atoms with Gasteiger partial charge in [0.25, 0.3) is 0 Å². The highest BCUT2D eigenvalue weighted by Gasteiger charge is 2.20. The first-order chi connectivity index (χ1) is 9.72. The van der Waals surface area contributed by atoms with Crippen LogP contribution in [0.1, 0.15) is 32.3 Å². The fourth-order valence-corrected chi connectivity index (χ4v) is 1.87. The fourth-order valence-electron chi connectivity index (χ4n) is 1.87. The van der Waals surface area contributed by atoms with Crippen LogP contribution in [0.4, 0.5) is 0 Å². The van der Waals surface area contributed by atoms with Crippen molar-refractivity contribution >= 4 is 0 Å². The van der Waals surface area contributed by atoms with E-state index in [0.29, 0.717) is 19.3 Å². The van der Waals surface area contributed by atoms with Gasteiger partial charge in [0, 0.05) is 19.7 Å². The van der Waals surface area contributed by atoms with Crippen molar-refractivity contribution in [3.63, 3.8) is 0 Å². The van der Waals surface area contributed by atoms with Crippen LogP contribution >= 0.6 is 0 Å². The van der Waals surface area contributed by atoms with Crippen LogP contribution in [0.3, 0.4) is 0 Å². The third-order valence-electron chi connectivity index (χ3n) is 3.36. The lowest BCUT2D eigenvalue weighted by atomic mass is 10.2. The first kappa shape index (κ1) is 15.1. The highest BCUT2D eigenvalue weighted by Crippen LogP contribution is 2.29. The Bertz CT molecular complexity index is 418. The Morgan fingerprint density at radius 3 is 2.70 bits per heavy atom. The van der Waals surface area contributed by atoms with Gasteiger partial charge >= 0.3 is 0 Å². The van der Waals surface area contributed by atoms with Crippen molar-refractivity contribution in [2.45, 2.75) is 45.4 Å². The average molecular weight is 279 g/mol. The summed E-state index contributed by atoms with van der Waals surface area (Å²) in [4.78, 5) is 0. The van der Waals surface area contributed by atoms with Gasteiger partial charge in [0.15, 0.2) is 11.5 Å². The number of ether oxygens (including phenoxy) is 3. The Balaban J connectivity index is 1.97. The van der Waals surface area contributed by atoms with E-state index >= 15 is 0 Å². The van der Waals surface area contributed by atoms with Gasteiger partial charge in [-0.05, 0) is 44.4 Å². The number of benzene rings is 1. The molecule has 1 atom stereocenters. The molecule has 0 bridgehead atoms. The second-order valence-corrected chi connectivity index (χ2v) is 5.23. The second kappa shape index (κ2) is 7.50. The minimum Gasteiger partial charge on any atom is -0.490 e. The Morgan fingerprint density at radius 2 is 2.05 bits per heavy atom. The summed E-state index contributed by atoms with van der Waals surface area (Å²) in [5, 5.41) is 3.50. The van der Waals surface area contributed by atoms with Crippen LogP contribution < -0.4 is 14.8 Å². The summed E-state index contributed by atoms with van der Waals surface area (Å²) in [5.74, 6) is 1.59. The van der Waals surface area contributed by atoms with Crippen molar-refractivity contribution < 1.29 is 14.2 Å². The van der Waals surface area contributed by atoms with Crippen LogP contribution in [0.2, 0.25) is 0 Å². The highest BCUT2D eigenvalue weighted by atomic mass is 16.5. The molecule has 1 aliphatic rings. The van der Waals surface area contributed by atoms with Crippen LogP contribution in [0, 0.1) is 0 Å². The molecule has 4 nitrogen and oxygen atoms in total. The van der Waals surface area contributed by atoms with E-state index in [1.165, 1.54) is 18.4 Å². The summed E-state index contributed by atoms with van der Waals surface area (Å²) in [6.45, 7) is 6.01. The summed E-state index contributed by atoms with van der Waals surface area (Å²) < 4.78 is 16.6. The van der Waals surface area contributed by atoms with E-state index in [0.717, 1.165) is 18.0 Å². The van der Waals surface area contributed by atoms with Gasteiger partial charge < -0.3 is 19.5 Å². The molecule has 0 spiro atoms. The smallest absolute Gasteiger partial charge is 0.161 e. The molecular weight excluding hydrogens is 254 g/mol. The number of methoxy groups -OCH3 is 1. The molecule has 1 unspecified atom stereocenters. The van der Waals surface area contributed by atoms with E-state index in [-0.39, 0.29) is 6.10 Å². The summed E-state index contributed by atoms with van der Waals surface area (Å²) in [6.07, 6.45) is 2.67. The lowest BCUT2D eigenvalue weighted by molar-refractivity contribution is 0.0703. The maximum atomic E-state index is 5.76. The quantitative estimate of drug-likeness (QED) is 0.754. The Hall–Kier alpha value is -1.26. The number of hydrogen-bond acceptors (Lipinski definition) is 4. The zero-order chi connectivity index (χ0) is 14.4. The van der Waals surface area contributed by atoms with E-state index < -0.39 is 0 Å². The van der Waals surface area contributed by atoms with Crippen LogP contribution in [0.25, 0.3) is 0 Å².